The first kappa shape index (κ1) is 30.7. The molecule has 0 unspecified atom stereocenters. The summed E-state index contributed by atoms with van der Waals surface area (Å²) in [5.41, 5.74) is 2.91. The van der Waals surface area contributed by atoms with Gasteiger partial charge in [0.05, 0.1) is 18.7 Å². The molecule has 0 saturated carbocycles. The number of urea groups is 1. The molecule has 1 aromatic heterocycles. The molecule has 2 amide bonds. The topological polar surface area (TPSA) is 117 Å². The molecule has 11 nitrogen and oxygen atoms in total. The zero-order valence-electron chi connectivity index (χ0n) is 24.5. The Balaban J connectivity index is 1.24. The van der Waals surface area contributed by atoms with Crippen molar-refractivity contribution in [3.05, 3.63) is 92.3 Å². The number of anilines is 1. The van der Waals surface area contributed by atoms with E-state index >= 15 is 0 Å². The number of amidine groups is 1. The van der Waals surface area contributed by atoms with Crippen LogP contribution >= 0.6 is 22.9 Å². The van der Waals surface area contributed by atoms with Crippen LogP contribution < -0.4 is 10.2 Å². The molecule has 3 aliphatic heterocycles. The predicted octanol–water partition coefficient (Wildman–Crippen LogP) is 4.14. The number of hydrogen-bond donors (Lipinski definition) is 1. The van der Waals surface area contributed by atoms with Crippen molar-refractivity contribution in [1.82, 2.24) is 20.1 Å². The summed E-state index contributed by atoms with van der Waals surface area (Å²) in [7, 11) is 1.30. The Bertz CT molecular complexity index is 1680. The van der Waals surface area contributed by atoms with E-state index in [4.69, 9.17) is 26.1 Å². The van der Waals surface area contributed by atoms with E-state index in [2.05, 4.69) is 15.2 Å². The second-order valence-corrected chi connectivity index (χ2v) is 12.1. The summed E-state index contributed by atoms with van der Waals surface area (Å²) in [4.78, 5) is 52.8. The number of aliphatic imine (C=N–C) groups is 1. The number of benzene rings is 2. The second-order valence-electron chi connectivity index (χ2n) is 10.8. The van der Waals surface area contributed by atoms with Crippen LogP contribution in [0.1, 0.15) is 29.1 Å². The predicted molar refractivity (Wildman–Crippen MR) is 167 cm³/mol. The zero-order valence-corrected chi connectivity index (χ0v) is 26.1. The van der Waals surface area contributed by atoms with Gasteiger partial charge in [-0.2, -0.15) is 0 Å². The molecule has 14 heteroatoms. The number of fused-ring (bicyclic) bond motifs is 1. The molecule has 2 aromatic carbocycles. The van der Waals surface area contributed by atoms with E-state index in [-0.39, 0.29) is 35.2 Å². The highest BCUT2D eigenvalue weighted by atomic mass is 35.5. The van der Waals surface area contributed by atoms with Gasteiger partial charge in [0.2, 0.25) is 0 Å². The van der Waals surface area contributed by atoms with Gasteiger partial charge in [0, 0.05) is 73.2 Å². The van der Waals surface area contributed by atoms with Gasteiger partial charge in [-0.05, 0) is 29.8 Å². The van der Waals surface area contributed by atoms with Gasteiger partial charge in [0.1, 0.15) is 18.5 Å². The smallest absolute Gasteiger partial charge is 0.338 e. The van der Waals surface area contributed by atoms with Crippen molar-refractivity contribution in [2.24, 2.45) is 4.99 Å². The fraction of sp³-hybridized carbons (Fsp3) is 0.323. The Kier molecular flexibility index (Phi) is 8.83. The van der Waals surface area contributed by atoms with E-state index in [1.807, 2.05) is 34.5 Å². The van der Waals surface area contributed by atoms with Crippen molar-refractivity contribution in [3.8, 4) is 0 Å². The third-order valence-corrected chi connectivity index (χ3v) is 9.04. The van der Waals surface area contributed by atoms with Crippen molar-refractivity contribution < 1.29 is 28.2 Å². The molecule has 0 spiro atoms. The van der Waals surface area contributed by atoms with E-state index < -0.39 is 17.8 Å². The third-order valence-electron chi connectivity index (χ3n) is 7.93. The van der Waals surface area contributed by atoms with Crippen LogP contribution in [0, 0.1) is 5.82 Å². The second kappa shape index (κ2) is 13.0. The number of halogens is 2. The molecule has 0 bridgehead atoms. The lowest BCUT2D eigenvalue weighted by atomic mass is 9.95. The monoisotopic (exact) mass is 652 g/mol. The molecule has 3 aromatic rings. The number of nitrogens with zero attached hydrogens (tertiary/aromatic N) is 5. The minimum atomic E-state index is -0.852. The van der Waals surface area contributed by atoms with Crippen LogP contribution in [0.15, 0.2) is 70.3 Å². The lowest BCUT2D eigenvalue weighted by Crippen LogP contribution is -2.53. The van der Waals surface area contributed by atoms with Crippen LogP contribution in [0.25, 0.3) is 0 Å². The Hall–Kier alpha value is -4.33. The third kappa shape index (κ3) is 6.42. The molecule has 2 saturated heterocycles. The summed E-state index contributed by atoms with van der Waals surface area (Å²) in [6.07, 6.45) is 1.67. The summed E-state index contributed by atoms with van der Waals surface area (Å²) < 4.78 is 24.2. The van der Waals surface area contributed by atoms with Gasteiger partial charge in [-0.3, -0.25) is 19.6 Å². The van der Waals surface area contributed by atoms with Crippen molar-refractivity contribution >= 4 is 52.4 Å². The van der Waals surface area contributed by atoms with Crippen LogP contribution in [-0.2, 0) is 25.7 Å². The van der Waals surface area contributed by atoms with Crippen LogP contribution in [0.3, 0.4) is 0 Å². The first-order valence-corrected chi connectivity index (χ1v) is 15.5. The number of rotatable bonds is 8. The highest BCUT2D eigenvalue weighted by Gasteiger charge is 2.42. The average molecular weight is 653 g/mol. The van der Waals surface area contributed by atoms with E-state index in [9.17, 15) is 18.8 Å². The van der Waals surface area contributed by atoms with Gasteiger partial charge in [0.15, 0.2) is 10.8 Å². The molecule has 1 N–H and O–H groups in total. The Morgan fingerprint density at radius 3 is 2.64 bits per heavy atom. The fourth-order valence-corrected chi connectivity index (χ4v) is 6.64. The maximum Gasteiger partial charge on any atom is 0.338 e. The number of methoxy groups -OCH3 is 1. The maximum atomic E-state index is 14.0. The highest BCUT2D eigenvalue weighted by Crippen LogP contribution is 2.37. The quantitative estimate of drug-likeness (QED) is 0.361. The largest absolute Gasteiger partial charge is 0.466 e. The average Bonchev–Trinajstić information content (AvgIpc) is 3.68. The van der Waals surface area contributed by atoms with Gasteiger partial charge in [-0.15, -0.1) is 11.3 Å². The number of nitrogens with one attached hydrogen (secondary N) is 1. The summed E-state index contributed by atoms with van der Waals surface area (Å²) in [6.45, 7) is 4.02. The molecule has 3 aliphatic rings. The van der Waals surface area contributed by atoms with Gasteiger partial charge >= 0.3 is 18.0 Å². The van der Waals surface area contributed by atoms with E-state index in [0.717, 1.165) is 11.3 Å². The van der Waals surface area contributed by atoms with Gasteiger partial charge in [-0.1, -0.05) is 29.8 Å². The first-order valence-electron chi connectivity index (χ1n) is 14.3. The van der Waals surface area contributed by atoms with Gasteiger partial charge in [0.25, 0.3) is 0 Å². The maximum absolute atomic E-state index is 14.0. The van der Waals surface area contributed by atoms with Gasteiger partial charge in [-0.25, -0.2) is 19.0 Å². The van der Waals surface area contributed by atoms with Crippen molar-refractivity contribution in [2.45, 2.75) is 25.6 Å². The molecular weight excluding hydrogens is 623 g/mol. The zero-order chi connectivity index (χ0) is 31.7. The van der Waals surface area contributed by atoms with Crippen molar-refractivity contribution in [2.75, 3.05) is 44.7 Å². The lowest BCUT2D eigenvalue weighted by Gasteiger charge is -2.38. The van der Waals surface area contributed by atoms with E-state index in [1.54, 1.807) is 11.1 Å². The molecule has 234 valence electrons. The number of carbonyl (C=O) groups excluding carboxylic acids is 3. The lowest BCUT2D eigenvalue weighted by molar-refractivity contribution is -0.142. The molecule has 45 heavy (non-hydrogen) atoms. The van der Waals surface area contributed by atoms with Crippen LogP contribution in [0.4, 0.5) is 14.9 Å². The Labute approximate surface area is 267 Å². The molecular formula is C31H30ClFN6O5S. The summed E-state index contributed by atoms with van der Waals surface area (Å²) in [5.74, 6) is -0.963. The van der Waals surface area contributed by atoms with Crippen LogP contribution in [-0.4, -0.2) is 84.5 Å². The standard InChI is InChI=1S/C31H30ClFN6O5S/c1-18(40)44-17-19-3-6-21(7-4-19)39-15-22-14-37(10-11-38(22)31(39)42)16-25-26(30(41)43-2)27(23-8-5-20(33)13-24(23)32)36-28(35-25)29-34-9-12-45-29/h3-9,12-13,22,27H,10-11,14-17H2,1-2H3,(H,35,36)/t22-,27-/m0/s1. The number of hydrogen-bond acceptors (Lipinski definition) is 10. The summed E-state index contributed by atoms with van der Waals surface area (Å²) in [6, 6.07) is 10.4. The van der Waals surface area contributed by atoms with Crippen LogP contribution in [0.2, 0.25) is 5.02 Å². The van der Waals surface area contributed by atoms with E-state index in [0.29, 0.717) is 54.8 Å². The number of thiazole rings is 1. The number of aromatic nitrogens is 1. The molecule has 2 fully saturated rings. The normalized spacial score (nSPS) is 20.1. The summed E-state index contributed by atoms with van der Waals surface area (Å²) in [5, 5.41) is 5.91. The minimum Gasteiger partial charge on any atom is -0.466 e. The van der Waals surface area contributed by atoms with Crippen LogP contribution in [0.5, 0.6) is 0 Å². The summed E-state index contributed by atoms with van der Waals surface area (Å²) >= 11 is 7.87. The molecule has 0 radical (unpaired) electrons. The number of piperazine rings is 1. The number of carbonyl (C=O) groups is 3. The molecule has 4 heterocycles. The Morgan fingerprint density at radius 1 is 1.16 bits per heavy atom. The fourth-order valence-electron chi connectivity index (χ4n) is 5.78. The first-order chi connectivity index (χ1) is 21.7. The number of ether oxygens (including phenoxy) is 2. The number of amides is 2. The Morgan fingerprint density at radius 2 is 1.96 bits per heavy atom. The highest BCUT2D eigenvalue weighted by molar-refractivity contribution is 7.11. The molecule has 0 aliphatic carbocycles. The van der Waals surface area contributed by atoms with Crippen molar-refractivity contribution in [3.63, 3.8) is 0 Å². The van der Waals surface area contributed by atoms with Crippen molar-refractivity contribution in [1.29, 1.82) is 0 Å². The molecule has 2 atom stereocenters. The SMILES string of the molecule is COC(=O)C1=C(CN2CCN3C(=O)N(c4ccc(COC(C)=O)cc4)C[C@@H]3C2)NC(c2nccs2)=N[C@H]1c1ccc(F)cc1Cl. The number of esters is 2. The van der Waals surface area contributed by atoms with Gasteiger partial charge < -0.3 is 19.7 Å². The van der Waals surface area contributed by atoms with E-state index in [1.165, 1.54) is 43.6 Å². The molecule has 6 rings (SSSR count). The minimum absolute atomic E-state index is 0.0677.